The number of rotatable bonds is 4. The molecule has 3 N–H and O–H groups in total. The monoisotopic (exact) mass is 485 g/mol. The van der Waals surface area contributed by atoms with Crippen LogP contribution in [0.4, 0.5) is 15.8 Å². The number of benzene rings is 3. The molecule has 0 aliphatic rings. The number of carbonyl (C=O) groups excluding carboxylic acids is 2. The lowest BCUT2D eigenvalue weighted by molar-refractivity contribution is 0.0976. The van der Waals surface area contributed by atoms with Gasteiger partial charge in [0.1, 0.15) is 5.82 Å². The first-order chi connectivity index (χ1) is 14.3. The Labute approximate surface area is 186 Å². The summed E-state index contributed by atoms with van der Waals surface area (Å²) >= 11 is 8.60. The van der Waals surface area contributed by atoms with Crippen LogP contribution in [-0.4, -0.2) is 16.9 Å². The molecule has 0 radical (unpaired) electrons. The number of hydrogen-bond acceptors (Lipinski definition) is 3. The molecular formula is C22H17BrFN3O2S. The quantitative estimate of drug-likeness (QED) is 0.440. The van der Waals surface area contributed by atoms with Crippen molar-refractivity contribution in [3.8, 4) is 0 Å². The number of hydrogen-bond donors (Lipinski definition) is 3. The first-order valence-electron chi connectivity index (χ1n) is 8.87. The Hall–Kier alpha value is -3.10. The van der Waals surface area contributed by atoms with Crippen molar-refractivity contribution < 1.29 is 14.0 Å². The molecule has 3 rings (SSSR count). The summed E-state index contributed by atoms with van der Waals surface area (Å²) in [4.78, 5) is 24.8. The second kappa shape index (κ2) is 9.60. The predicted molar refractivity (Wildman–Crippen MR) is 123 cm³/mol. The van der Waals surface area contributed by atoms with Crippen LogP contribution >= 0.6 is 28.1 Å². The van der Waals surface area contributed by atoms with Crippen LogP contribution in [0.25, 0.3) is 0 Å². The van der Waals surface area contributed by atoms with E-state index < -0.39 is 0 Å². The lowest BCUT2D eigenvalue weighted by atomic mass is 10.1. The van der Waals surface area contributed by atoms with E-state index in [4.69, 9.17) is 12.2 Å². The number of anilines is 2. The highest BCUT2D eigenvalue weighted by Crippen LogP contribution is 2.18. The summed E-state index contributed by atoms with van der Waals surface area (Å²) in [6.45, 7) is 1.93. The maximum absolute atomic E-state index is 13.0. The van der Waals surface area contributed by atoms with Gasteiger partial charge in [-0.05, 0) is 79.3 Å². The van der Waals surface area contributed by atoms with Gasteiger partial charge in [0.15, 0.2) is 5.11 Å². The molecule has 0 fully saturated rings. The zero-order valence-corrected chi connectivity index (χ0v) is 18.2. The highest BCUT2D eigenvalue weighted by Gasteiger charge is 2.11. The van der Waals surface area contributed by atoms with Crippen LogP contribution in [0.3, 0.4) is 0 Å². The van der Waals surface area contributed by atoms with Gasteiger partial charge in [-0.15, -0.1) is 0 Å². The minimum Gasteiger partial charge on any atom is -0.332 e. The van der Waals surface area contributed by atoms with Crippen molar-refractivity contribution in [2.24, 2.45) is 0 Å². The smallest absolute Gasteiger partial charge is 0.257 e. The number of amides is 2. The number of thiocarbonyl (C=S) groups is 1. The summed E-state index contributed by atoms with van der Waals surface area (Å²) in [5.74, 6) is -1.09. The topological polar surface area (TPSA) is 70.2 Å². The zero-order valence-electron chi connectivity index (χ0n) is 15.8. The highest BCUT2D eigenvalue weighted by molar-refractivity contribution is 9.10. The Morgan fingerprint density at radius 1 is 0.867 bits per heavy atom. The molecular weight excluding hydrogens is 469 g/mol. The van der Waals surface area contributed by atoms with Crippen molar-refractivity contribution >= 4 is 56.4 Å². The van der Waals surface area contributed by atoms with E-state index in [0.29, 0.717) is 22.5 Å². The van der Waals surface area contributed by atoms with Gasteiger partial charge in [-0.25, -0.2) is 4.39 Å². The average molecular weight is 486 g/mol. The Morgan fingerprint density at radius 2 is 1.57 bits per heavy atom. The second-order valence-electron chi connectivity index (χ2n) is 6.41. The van der Waals surface area contributed by atoms with E-state index in [1.807, 2.05) is 13.0 Å². The fraction of sp³-hybridized carbons (Fsp3) is 0.0455. The highest BCUT2D eigenvalue weighted by atomic mass is 79.9. The van der Waals surface area contributed by atoms with Crippen molar-refractivity contribution in [2.45, 2.75) is 6.92 Å². The maximum atomic E-state index is 13.0. The maximum Gasteiger partial charge on any atom is 0.257 e. The standard InChI is InChI=1S/C22H17BrFN3O2S/c1-13-5-6-15(12-19(13)23)21(29)27-22(30)26-18-4-2-3-14(11-18)20(28)25-17-9-7-16(24)8-10-17/h2-12H,1H3,(H,25,28)(H2,26,27,29,30). The summed E-state index contributed by atoms with van der Waals surface area (Å²) in [6.07, 6.45) is 0. The van der Waals surface area contributed by atoms with Crippen molar-refractivity contribution in [2.75, 3.05) is 10.6 Å². The molecule has 0 bridgehead atoms. The van der Waals surface area contributed by atoms with Crippen LogP contribution in [-0.2, 0) is 0 Å². The molecule has 152 valence electrons. The lowest BCUT2D eigenvalue weighted by Gasteiger charge is -2.11. The van der Waals surface area contributed by atoms with Crippen molar-refractivity contribution in [3.63, 3.8) is 0 Å². The second-order valence-corrected chi connectivity index (χ2v) is 7.68. The SMILES string of the molecule is Cc1ccc(C(=O)NC(=S)Nc2cccc(C(=O)Nc3ccc(F)cc3)c2)cc1Br. The van der Waals surface area contributed by atoms with Crippen LogP contribution in [0, 0.1) is 12.7 Å². The van der Waals surface area contributed by atoms with E-state index in [1.54, 1.807) is 36.4 Å². The van der Waals surface area contributed by atoms with Crippen molar-refractivity contribution in [1.29, 1.82) is 0 Å². The van der Waals surface area contributed by atoms with E-state index in [9.17, 15) is 14.0 Å². The summed E-state index contributed by atoms with van der Waals surface area (Å²) in [5.41, 5.74) is 2.87. The summed E-state index contributed by atoms with van der Waals surface area (Å²) in [7, 11) is 0. The van der Waals surface area contributed by atoms with Gasteiger partial charge in [0.25, 0.3) is 11.8 Å². The molecule has 0 aromatic heterocycles. The molecule has 5 nitrogen and oxygen atoms in total. The van der Waals surface area contributed by atoms with Crippen molar-refractivity contribution in [1.82, 2.24) is 5.32 Å². The average Bonchev–Trinajstić information content (AvgIpc) is 2.71. The summed E-state index contributed by atoms with van der Waals surface area (Å²) < 4.78 is 13.8. The normalized spacial score (nSPS) is 10.2. The van der Waals surface area contributed by atoms with E-state index >= 15 is 0 Å². The van der Waals surface area contributed by atoms with Gasteiger partial charge in [-0.1, -0.05) is 28.1 Å². The Kier molecular flexibility index (Phi) is 6.91. The molecule has 0 heterocycles. The first kappa shape index (κ1) is 21.6. The minimum atomic E-state index is -0.382. The third kappa shape index (κ3) is 5.71. The van der Waals surface area contributed by atoms with Gasteiger partial charge >= 0.3 is 0 Å². The van der Waals surface area contributed by atoms with Gasteiger partial charge < -0.3 is 10.6 Å². The van der Waals surface area contributed by atoms with Gasteiger partial charge in [-0.3, -0.25) is 14.9 Å². The summed E-state index contributed by atoms with van der Waals surface area (Å²) in [5, 5.41) is 8.30. The molecule has 0 unspecified atom stereocenters. The third-order valence-corrected chi connectivity index (χ3v) is 5.20. The van der Waals surface area contributed by atoms with Gasteiger partial charge in [0.05, 0.1) is 0 Å². The molecule has 0 saturated heterocycles. The van der Waals surface area contributed by atoms with Gasteiger partial charge in [0, 0.05) is 27.0 Å². The number of carbonyl (C=O) groups is 2. The van der Waals surface area contributed by atoms with Crippen LogP contribution < -0.4 is 16.0 Å². The van der Waals surface area contributed by atoms with Crippen molar-refractivity contribution in [3.05, 3.63) is 93.7 Å². The largest absolute Gasteiger partial charge is 0.332 e. The molecule has 8 heteroatoms. The number of nitrogens with one attached hydrogen (secondary N) is 3. The molecule has 0 atom stereocenters. The fourth-order valence-corrected chi connectivity index (χ4v) is 3.14. The first-order valence-corrected chi connectivity index (χ1v) is 10.1. The lowest BCUT2D eigenvalue weighted by Crippen LogP contribution is -2.34. The van der Waals surface area contributed by atoms with Crippen LogP contribution in [0.15, 0.2) is 71.2 Å². The zero-order chi connectivity index (χ0) is 21.7. The Balaban J connectivity index is 1.63. The Bertz CT molecular complexity index is 1120. The molecule has 0 spiro atoms. The molecule has 0 saturated carbocycles. The molecule has 0 aliphatic heterocycles. The van der Waals surface area contributed by atoms with E-state index in [1.165, 1.54) is 24.3 Å². The van der Waals surface area contributed by atoms with E-state index in [2.05, 4.69) is 31.9 Å². The molecule has 30 heavy (non-hydrogen) atoms. The molecule has 0 aliphatic carbocycles. The Morgan fingerprint density at radius 3 is 2.27 bits per heavy atom. The number of aryl methyl sites for hydroxylation is 1. The predicted octanol–water partition coefficient (Wildman–Crippen LogP) is 5.28. The van der Waals surface area contributed by atoms with Gasteiger partial charge in [-0.2, -0.15) is 0 Å². The third-order valence-electron chi connectivity index (χ3n) is 4.15. The molecule has 3 aromatic carbocycles. The molecule has 2 amide bonds. The van der Waals surface area contributed by atoms with E-state index in [0.717, 1.165) is 10.0 Å². The van der Waals surface area contributed by atoms with Crippen LogP contribution in [0.1, 0.15) is 26.3 Å². The number of halogens is 2. The van der Waals surface area contributed by atoms with E-state index in [-0.39, 0.29) is 22.7 Å². The van der Waals surface area contributed by atoms with Crippen LogP contribution in [0.5, 0.6) is 0 Å². The van der Waals surface area contributed by atoms with Crippen LogP contribution in [0.2, 0.25) is 0 Å². The summed E-state index contributed by atoms with van der Waals surface area (Å²) in [6, 6.07) is 17.4. The minimum absolute atomic E-state index is 0.104. The van der Waals surface area contributed by atoms with Gasteiger partial charge in [0.2, 0.25) is 0 Å². The molecule has 3 aromatic rings. The fourth-order valence-electron chi connectivity index (χ4n) is 2.55.